The van der Waals surface area contributed by atoms with Gasteiger partial charge in [-0.15, -0.1) is 0 Å². The van der Waals surface area contributed by atoms with Crippen LogP contribution in [0.4, 0.5) is 0 Å². The Balaban J connectivity index is 1.80. The van der Waals surface area contributed by atoms with Crippen molar-refractivity contribution in [3.8, 4) is 17.2 Å². The third kappa shape index (κ3) is 5.37. The molecule has 0 aliphatic heterocycles. The summed E-state index contributed by atoms with van der Waals surface area (Å²) in [5.74, 6) is 1.14. The molecule has 134 valence electrons. The molecule has 0 aliphatic rings. The van der Waals surface area contributed by atoms with Crippen molar-refractivity contribution in [2.75, 3.05) is 27.3 Å². The number of carbonyl (C=O) groups excluding carboxylic acids is 1. The van der Waals surface area contributed by atoms with Gasteiger partial charge in [-0.25, -0.2) is 0 Å². The molecule has 0 saturated carbocycles. The fourth-order valence-corrected chi connectivity index (χ4v) is 2.67. The van der Waals surface area contributed by atoms with Crippen LogP contribution in [-0.2, 0) is 6.54 Å². The number of benzene rings is 2. The van der Waals surface area contributed by atoms with E-state index in [1.54, 1.807) is 37.4 Å². The summed E-state index contributed by atoms with van der Waals surface area (Å²) in [7, 11) is 3.08. The molecule has 1 amide bonds. The summed E-state index contributed by atoms with van der Waals surface area (Å²) < 4.78 is 11.3. The molecule has 0 saturated heterocycles. The van der Waals surface area contributed by atoms with Crippen LogP contribution in [0.5, 0.6) is 17.2 Å². The number of phenolic OH excluding ortho intramolecular Hbond substituents is 1. The van der Waals surface area contributed by atoms with E-state index in [4.69, 9.17) is 9.47 Å². The van der Waals surface area contributed by atoms with Crippen molar-refractivity contribution in [2.45, 2.75) is 6.54 Å². The lowest BCUT2D eigenvalue weighted by Gasteiger charge is -2.11. The van der Waals surface area contributed by atoms with Crippen LogP contribution < -0.4 is 20.1 Å². The Bertz CT molecular complexity index is 737. The van der Waals surface area contributed by atoms with Gasteiger partial charge in [-0.2, -0.15) is 0 Å². The van der Waals surface area contributed by atoms with Gasteiger partial charge in [0.1, 0.15) is 5.75 Å². The molecule has 0 aliphatic carbocycles. The van der Waals surface area contributed by atoms with Crippen molar-refractivity contribution < 1.29 is 19.4 Å². The van der Waals surface area contributed by atoms with Gasteiger partial charge in [0.2, 0.25) is 0 Å². The highest BCUT2D eigenvalue weighted by Gasteiger charge is 2.10. The first-order valence-corrected chi connectivity index (χ1v) is 8.52. The van der Waals surface area contributed by atoms with Crippen molar-refractivity contribution in [2.24, 2.45) is 0 Å². The quantitative estimate of drug-likeness (QED) is 0.585. The molecule has 0 aromatic heterocycles. The summed E-state index contributed by atoms with van der Waals surface area (Å²) in [5.41, 5.74) is 1.29. The van der Waals surface area contributed by atoms with E-state index in [0.29, 0.717) is 36.7 Å². The van der Waals surface area contributed by atoms with Crippen LogP contribution >= 0.6 is 15.9 Å². The zero-order valence-electron chi connectivity index (χ0n) is 14.1. The van der Waals surface area contributed by atoms with Gasteiger partial charge in [-0.3, -0.25) is 4.79 Å². The van der Waals surface area contributed by atoms with E-state index < -0.39 is 0 Å². The lowest BCUT2D eigenvalue weighted by Crippen LogP contribution is -2.31. The first-order valence-electron chi connectivity index (χ1n) is 7.73. The van der Waals surface area contributed by atoms with Crippen LogP contribution in [0.1, 0.15) is 15.9 Å². The highest BCUT2D eigenvalue weighted by Crippen LogP contribution is 2.27. The number of carbonyl (C=O) groups is 1. The van der Waals surface area contributed by atoms with Gasteiger partial charge in [0, 0.05) is 35.2 Å². The SMILES string of the molecule is COc1ccc(C(=O)NCCNCc2cc(Br)ccc2O)cc1OC. The summed E-state index contributed by atoms with van der Waals surface area (Å²) in [6.07, 6.45) is 0. The van der Waals surface area contributed by atoms with E-state index in [1.165, 1.54) is 7.11 Å². The second kappa shape index (κ2) is 9.29. The molecule has 2 aromatic rings. The van der Waals surface area contributed by atoms with E-state index in [-0.39, 0.29) is 11.7 Å². The van der Waals surface area contributed by atoms with Crippen LogP contribution in [0.2, 0.25) is 0 Å². The minimum Gasteiger partial charge on any atom is -0.508 e. The molecule has 6 nitrogen and oxygen atoms in total. The largest absolute Gasteiger partial charge is 0.508 e. The monoisotopic (exact) mass is 408 g/mol. The standard InChI is InChI=1S/C18H21BrN2O4/c1-24-16-6-3-12(10-17(16)25-2)18(23)21-8-7-20-11-13-9-14(19)4-5-15(13)22/h3-6,9-10,20,22H,7-8,11H2,1-2H3,(H,21,23). The Kier molecular flexibility index (Phi) is 7.09. The van der Waals surface area contributed by atoms with E-state index in [2.05, 4.69) is 26.6 Å². The maximum absolute atomic E-state index is 12.2. The fourth-order valence-electron chi connectivity index (χ4n) is 2.26. The number of ether oxygens (including phenoxy) is 2. The number of hydrogen-bond donors (Lipinski definition) is 3. The Hall–Kier alpha value is -2.25. The van der Waals surface area contributed by atoms with Crippen molar-refractivity contribution in [1.29, 1.82) is 0 Å². The maximum Gasteiger partial charge on any atom is 0.251 e. The van der Waals surface area contributed by atoms with Gasteiger partial charge < -0.3 is 25.2 Å². The smallest absolute Gasteiger partial charge is 0.251 e. The molecule has 7 heteroatoms. The zero-order chi connectivity index (χ0) is 18.2. The number of rotatable bonds is 8. The van der Waals surface area contributed by atoms with Crippen molar-refractivity contribution in [3.05, 3.63) is 52.0 Å². The van der Waals surface area contributed by atoms with E-state index in [9.17, 15) is 9.90 Å². The number of phenols is 1. The average molecular weight is 409 g/mol. The van der Waals surface area contributed by atoms with Crippen LogP contribution in [-0.4, -0.2) is 38.3 Å². The third-order valence-corrected chi connectivity index (χ3v) is 4.08. The van der Waals surface area contributed by atoms with E-state index >= 15 is 0 Å². The van der Waals surface area contributed by atoms with Crippen molar-refractivity contribution in [3.63, 3.8) is 0 Å². The first kappa shape index (κ1) is 19.1. The molecule has 0 atom stereocenters. The van der Waals surface area contributed by atoms with Gasteiger partial charge in [0.05, 0.1) is 14.2 Å². The Labute approximate surface area is 155 Å². The lowest BCUT2D eigenvalue weighted by molar-refractivity contribution is 0.0953. The van der Waals surface area contributed by atoms with Gasteiger partial charge in [0.15, 0.2) is 11.5 Å². The topological polar surface area (TPSA) is 79.8 Å². The van der Waals surface area contributed by atoms with Gasteiger partial charge in [0.25, 0.3) is 5.91 Å². The number of nitrogens with one attached hydrogen (secondary N) is 2. The average Bonchev–Trinajstić information content (AvgIpc) is 2.63. The molecule has 2 rings (SSSR count). The summed E-state index contributed by atoms with van der Waals surface area (Å²) in [5, 5.41) is 15.8. The summed E-state index contributed by atoms with van der Waals surface area (Å²) in [6, 6.07) is 10.3. The molecule has 2 aromatic carbocycles. The fraction of sp³-hybridized carbons (Fsp3) is 0.278. The molecule has 0 heterocycles. The molecular formula is C18H21BrN2O4. The molecule has 0 unspecified atom stereocenters. The molecule has 0 spiro atoms. The van der Waals surface area contributed by atoms with E-state index in [0.717, 1.165) is 10.0 Å². The zero-order valence-corrected chi connectivity index (χ0v) is 15.7. The first-order chi connectivity index (χ1) is 12.0. The van der Waals surface area contributed by atoms with Crippen LogP contribution in [0.15, 0.2) is 40.9 Å². The van der Waals surface area contributed by atoms with Crippen molar-refractivity contribution in [1.82, 2.24) is 10.6 Å². The van der Waals surface area contributed by atoms with Gasteiger partial charge in [-0.1, -0.05) is 15.9 Å². The van der Waals surface area contributed by atoms with Crippen LogP contribution in [0, 0.1) is 0 Å². The Morgan fingerprint density at radius 2 is 1.84 bits per heavy atom. The molecule has 25 heavy (non-hydrogen) atoms. The Morgan fingerprint density at radius 1 is 1.08 bits per heavy atom. The minimum atomic E-state index is -0.187. The van der Waals surface area contributed by atoms with Gasteiger partial charge >= 0.3 is 0 Å². The van der Waals surface area contributed by atoms with Crippen LogP contribution in [0.3, 0.4) is 0 Å². The lowest BCUT2D eigenvalue weighted by atomic mass is 10.2. The molecule has 3 N–H and O–H groups in total. The highest BCUT2D eigenvalue weighted by atomic mass is 79.9. The number of halogens is 1. The summed E-state index contributed by atoms with van der Waals surface area (Å²) in [4.78, 5) is 12.2. The number of amides is 1. The number of aromatic hydroxyl groups is 1. The predicted octanol–water partition coefficient (Wildman–Crippen LogP) is 2.69. The molecule has 0 bridgehead atoms. The molecular weight excluding hydrogens is 388 g/mol. The second-order valence-electron chi connectivity index (χ2n) is 5.28. The van der Waals surface area contributed by atoms with Crippen LogP contribution in [0.25, 0.3) is 0 Å². The maximum atomic E-state index is 12.2. The summed E-state index contributed by atoms with van der Waals surface area (Å²) >= 11 is 3.37. The molecule has 0 fully saturated rings. The third-order valence-electron chi connectivity index (χ3n) is 3.59. The second-order valence-corrected chi connectivity index (χ2v) is 6.19. The van der Waals surface area contributed by atoms with Crippen molar-refractivity contribution >= 4 is 21.8 Å². The number of hydrogen-bond acceptors (Lipinski definition) is 5. The van der Waals surface area contributed by atoms with Gasteiger partial charge in [-0.05, 0) is 36.4 Å². The highest BCUT2D eigenvalue weighted by molar-refractivity contribution is 9.10. The molecule has 0 radical (unpaired) electrons. The minimum absolute atomic E-state index is 0.187. The normalized spacial score (nSPS) is 10.4. The Morgan fingerprint density at radius 3 is 2.56 bits per heavy atom. The van der Waals surface area contributed by atoms with E-state index in [1.807, 2.05) is 6.07 Å². The number of methoxy groups -OCH3 is 2. The summed E-state index contributed by atoms with van der Waals surface area (Å²) in [6.45, 7) is 1.55. The predicted molar refractivity (Wildman–Crippen MR) is 99.4 cm³/mol.